The number of likely N-dealkylation sites (tertiary alicyclic amines) is 1. The molecule has 2 aliphatic heterocycles. The van der Waals surface area contributed by atoms with Crippen LogP contribution >= 0.6 is 0 Å². The lowest BCUT2D eigenvalue weighted by Gasteiger charge is -2.47. The van der Waals surface area contributed by atoms with Crippen LogP contribution in [0, 0.1) is 5.92 Å². The van der Waals surface area contributed by atoms with Gasteiger partial charge in [-0.15, -0.1) is 0 Å². The fourth-order valence-corrected chi connectivity index (χ4v) is 6.60. The van der Waals surface area contributed by atoms with Crippen LogP contribution in [0.1, 0.15) is 38.3 Å². The molecule has 0 spiro atoms. The Bertz CT molecular complexity index is 1110. The summed E-state index contributed by atoms with van der Waals surface area (Å²) in [4.78, 5) is 6.61. The largest absolute Gasteiger partial charge is 0.401 e. The molecule has 0 bridgehead atoms. The van der Waals surface area contributed by atoms with E-state index in [0.29, 0.717) is 10.8 Å². The van der Waals surface area contributed by atoms with Crippen LogP contribution in [0.15, 0.2) is 59.5 Å². The van der Waals surface area contributed by atoms with Gasteiger partial charge < -0.3 is 4.90 Å². The summed E-state index contributed by atoms with van der Waals surface area (Å²) >= 11 is 0. The predicted octanol–water partition coefficient (Wildman–Crippen LogP) is 5.00. The van der Waals surface area contributed by atoms with Gasteiger partial charge in [-0.2, -0.15) is 13.2 Å². The quantitative estimate of drug-likeness (QED) is 0.533. The lowest BCUT2D eigenvalue weighted by molar-refractivity contribution is -0.161. The second kappa shape index (κ2) is 10.7. The molecule has 0 amide bonds. The summed E-state index contributed by atoms with van der Waals surface area (Å²) < 4.78 is 63.4. The third-order valence-electron chi connectivity index (χ3n) is 7.62. The molecular weight excluding hydrogens is 487 g/mol. The highest BCUT2D eigenvalue weighted by Crippen LogP contribution is 2.35. The molecule has 36 heavy (non-hydrogen) atoms. The Morgan fingerprint density at radius 2 is 1.61 bits per heavy atom. The molecule has 198 valence electrons. The van der Waals surface area contributed by atoms with E-state index in [1.165, 1.54) is 11.8 Å². The highest BCUT2D eigenvalue weighted by Gasteiger charge is 2.40. The van der Waals surface area contributed by atoms with Crippen LogP contribution in [0.4, 0.5) is 18.9 Å². The lowest BCUT2D eigenvalue weighted by atomic mass is 9.86. The van der Waals surface area contributed by atoms with E-state index in [4.69, 9.17) is 0 Å². The maximum Gasteiger partial charge on any atom is 0.401 e. The maximum absolute atomic E-state index is 13.1. The van der Waals surface area contributed by atoms with Crippen LogP contribution in [0.2, 0.25) is 0 Å². The number of rotatable bonds is 6. The fourth-order valence-electron chi connectivity index (χ4n) is 5.94. The van der Waals surface area contributed by atoms with Gasteiger partial charge in [-0.25, -0.2) is 8.42 Å². The molecule has 0 radical (unpaired) electrons. The van der Waals surface area contributed by atoms with Crippen molar-refractivity contribution in [1.29, 1.82) is 0 Å². The van der Waals surface area contributed by atoms with Crippen molar-refractivity contribution in [2.45, 2.75) is 55.9 Å². The fraction of sp³-hybridized carbons (Fsp3) is 0.556. The SMILES string of the molecule is C[C@@H]1CC(CN2CCN(c3cccc(S(C)(=O)=O)c3)C[C@@H]2c2ccccc2)C[C@H](C)N1CC(F)(F)F. The topological polar surface area (TPSA) is 43.9 Å². The van der Waals surface area contributed by atoms with Gasteiger partial charge in [0.05, 0.1) is 17.5 Å². The summed E-state index contributed by atoms with van der Waals surface area (Å²) in [5, 5.41) is 0. The molecule has 0 aromatic heterocycles. The highest BCUT2D eigenvalue weighted by molar-refractivity contribution is 7.90. The lowest BCUT2D eigenvalue weighted by Crippen LogP contribution is -2.54. The zero-order valence-corrected chi connectivity index (χ0v) is 22.0. The standard InChI is InChI=1S/C27H36F3N3O2S/c1-20-14-22(15-21(2)33(20)19-27(28,29)30)17-32-13-12-31(18-26(32)23-8-5-4-6-9-23)24-10-7-11-25(16-24)36(3,34)35/h4-11,16,20-22,26H,12-15,17-19H2,1-3H3/t20-,21+,22?,26-/m1/s1. The summed E-state index contributed by atoms with van der Waals surface area (Å²) in [5.41, 5.74) is 2.08. The zero-order chi connectivity index (χ0) is 26.1. The van der Waals surface area contributed by atoms with Gasteiger partial charge in [-0.1, -0.05) is 36.4 Å². The Balaban J connectivity index is 1.51. The van der Waals surface area contributed by atoms with E-state index in [9.17, 15) is 21.6 Å². The van der Waals surface area contributed by atoms with Crippen molar-refractivity contribution in [3.63, 3.8) is 0 Å². The van der Waals surface area contributed by atoms with E-state index in [1.807, 2.05) is 38.1 Å². The van der Waals surface area contributed by atoms with Gasteiger partial charge in [0.25, 0.3) is 0 Å². The van der Waals surface area contributed by atoms with Gasteiger partial charge in [-0.3, -0.25) is 9.80 Å². The Morgan fingerprint density at radius 1 is 0.944 bits per heavy atom. The van der Waals surface area contributed by atoms with E-state index >= 15 is 0 Å². The van der Waals surface area contributed by atoms with Crippen molar-refractivity contribution in [3.05, 3.63) is 60.2 Å². The van der Waals surface area contributed by atoms with Gasteiger partial charge in [0.2, 0.25) is 0 Å². The highest BCUT2D eigenvalue weighted by atomic mass is 32.2. The van der Waals surface area contributed by atoms with Crippen molar-refractivity contribution in [2.75, 3.05) is 43.9 Å². The first kappa shape index (κ1) is 26.9. The molecule has 2 saturated heterocycles. The molecule has 0 aliphatic carbocycles. The van der Waals surface area contributed by atoms with Crippen LogP contribution in [-0.4, -0.2) is 75.5 Å². The Hall–Kier alpha value is -2.10. The number of alkyl halides is 3. The first-order valence-corrected chi connectivity index (χ1v) is 14.5. The molecule has 4 atom stereocenters. The Morgan fingerprint density at radius 3 is 2.22 bits per heavy atom. The van der Waals surface area contributed by atoms with Crippen molar-refractivity contribution < 1.29 is 21.6 Å². The van der Waals surface area contributed by atoms with Gasteiger partial charge in [0.15, 0.2) is 9.84 Å². The Labute approximate surface area is 212 Å². The molecule has 2 heterocycles. The smallest absolute Gasteiger partial charge is 0.368 e. The number of sulfone groups is 1. The molecule has 2 aliphatic rings. The number of piperazine rings is 1. The molecule has 0 N–H and O–H groups in total. The predicted molar refractivity (Wildman–Crippen MR) is 137 cm³/mol. The number of benzene rings is 2. The van der Waals surface area contributed by atoms with Crippen molar-refractivity contribution >= 4 is 15.5 Å². The molecule has 2 fully saturated rings. The van der Waals surface area contributed by atoms with E-state index in [2.05, 4.69) is 21.9 Å². The number of anilines is 1. The maximum atomic E-state index is 13.1. The average molecular weight is 524 g/mol. The van der Waals surface area contributed by atoms with E-state index < -0.39 is 22.6 Å². The molecular formula is C27H36F3N3O2S. The average Bonchev–Trinajstić information content (AvgIpc) is 2.81. The van der Waals surface area contributed by atoms with Crippen LogP contribution in [0.3, 0.4) is 0 Å². The number of hydrogen-bond acceptors (Lipinski definition) is 5. The molecule has 5 nitrogen and oxygen atoms in total. The van der Waals surface area contributed by atoms with Crippen LogP contribution < -0.4 is 4.90 Å². The summed E-state index contributed by atoms with van der Waals surface area (Å²) in [7, 11) is -3.30. The van der Waals surface area contributed by atoms with Gasteiger partial charge >= 0.3 is 6.18 Å². The van der Waals surface area contributed by atoms with Crippen molar-refractivity contribution in [3.8, 4) is 0 Å². The summed E-state index contributed by atoms with van der Waals surface area (Å²) in [6.07, 6.45) is -1.46. The van der Waals surface area contributed by atoms with E-state index in [-0.39, 0.29) is 18.1 Å². The van der Waals surface area contributed by atoms with Crippen molar-refractivity contribution in [2.24, 2.45) is 5.92 Å². The molecule has 4 rings (SSSR count). The second-order valence-corrected chi connectivity index (χ2v) is 12.5. The number of nitrogens with zero attached hydrogens (tertiary/aromatic N) is 3. The third-order valence-corrected chi connectivity index (χ3v) is 8.73. The third kappa shape index (κ3) is 6.61. The van der Waals surface area contributed by atoms with Crippen LogP contribution in [0.5, 0.6) is 0 Å². The minimum Gasteiger partial charge on any atom is -0.368 e. The van der Waals surface area contributed by atoms with Gasteiger partial charge in [-0.05, 0) is 56.4 Å². The summed E-state index contributed by atoms with van der Waals surface area (Å²) in [6.45, 7) is 6.09. The number of halogens is 3. The second-order valence-electron chi connectivity index (χ2n) is 10.5. The first-order chi connectivity index (χ1) is 16.9. The first-order valence-electron chi connectivity index (χ1n) is 12.6. The summed E-state index contributed by atoms with van der Waals surface area (Å²) in [5.74, 6) is 0.325. The van der Waals surface area contributed by atoms with E-state index in [1.54, 1.807) is 23.1 Å². The molecule has 1 unspecified atom stereocenters. The number of hydrogen-bond donors (Lipinski definition) is 0. The minimum atomic E-state index is -4.18. The minimum absolute atomic E-state index is 0.112. The normalized spacial score (nSPS) is 26.8. The Kier molecular flexibility index (Phi) is 8.02. The zero-order valence-electron chi connectivity index (χ0n) is 21.2. The van der Waals surface area contributed by atoms with E-state index in [0.717, 1.165) is 44.7 Å². The molecule has 2 aromatic rings. The molecule has 2 aromatic carbocycles. The monoisotopic (exact) mass is 523 g/mol. The van der Waals surface area contributed by atoms with Crippen LogP contribution in [-0.2, 0) is 9.84 Å². The molecule has 0 saturated carbocycles. The summed E-state index contributed by atoms with van der Waals surface area (Å²) in [6, 6.07) is 17.3. The van der Waals surface area contributed by atoms with Crippen molar-refractivity contribution in [1.82, 2.24) is 9.80 Å². The van der Waals surface area contributed by atoms with Crippen LogP contribution in [0.25, 0.3) is 0 Å². The van der Waals surface area contributed by atoms with Gasteiger partial charge in [0, 0.05) is 50.2 Å². The number of piperidine rings is 1. The molecule has 9 heteroatoms. The van der Waals surface area contributed by atoms with Gasteiger partial charge in [0.1, 0.15) is 0 Å².